The van der Waals surface area contributed by atoms with Gasteiger partial charge in [-0.1, -0.05) is 40.6 Å². The third-order valence-corrected chi connectivity index (χ3v) is 4.79. The highest BCUT2D eigenvalue weighted by molar-refractivity contribution is 6.00. The number of rotatable bonds is 5. The first-order chi connectivity index (χ1) is 13.1. The molecule has 1 fully saturated rings. The lowest BCUT2D eigenvalue weighted by Crippen LogP contribution is -2.40. The van der Waals surface area contributed by atoms with Gasteiger partial charge in [-0.2, -0.15) is 0 Å². The largest absolute Gasteiger partial charge is 0.379 e. The van der Waals surface area contributed by atoms with Gasteiger partial charge in [-0.05, 0) is 13.8 Å². The molecule has 1 amide bonds. The van der Waals surface area contributed by atoms with Crippen molar-refractivity contribution in [2.24, 2.45) is 5.92 Å². The second kappa shape index (κ2) is 7.36. The van der Waals surface area contributed by atoms with Crippen molar-refractivity contribution in [1.29, 1.82) is 0 Å². The van der Waals surface area contributed by atoms with Gasteiger partial charge in [0.1, 0.15) is 22.8 Å². The van der Waals surface area contributed by atoms with Crippen LogP contribution in [0.4, 0.5) is 0 Å². The molecular formula is C20H21N3O4. The second-order valence-corrected chi connectivity index (χ2v) is 6.84. The van der Waals surface area contributed by atoms with Gasteiger partial charge in [-0.15, -0.1) is 0 Å². The molecule has 1 N–H and O–H groups in total. The van der Waals surface area contributed by atoms with Gasteiger partial charge in [0, 0.05) is 24.0 Å². The molecule has 2 aromatic heterocycles. The highest BCUT2D eigenvalue weighted by Crippen LogP contribution is 2.26. The molecular weight excluding hydrogens is 346 g/mol. The average Bonchev–Trinajstić information content (AvgIpc) is 3.37. The van der Waals surface area contributed by atoms with Crippen molar-refractivity contribution in [3.05, 3.63) is 59.2 Å². The van der Waals surface area contributed by atoms with Crippen LogP contribution >= 0.6 is 0 Å². The van der Waals surface area contributed by atoms with E-state index in [1.807, 2.05) is 43.3 Å². The van der Waals surface area contributed by atoms with Crippen molar-refractivity contribution in [2.75, 3.05) is 13.2 Å². The van der Waals surface area contributed by atoms with Crippen LogP contribution in [0.25, 0.3) is 11.3 Å². The minimum atomic E-state index is -0.207. The highest BCUT2D eigenvalue weighted by atomic mass is 16.5. The minimum absolute atomic E-state index is 0.110. The molecule has 27 heavy (non-hydrogen) atoms. The van der Waals surface area contributed by atoms with Crippen molar-refractivity contribution in [2.45, 2.75) is 26.3 Å². The Hall–Kier alpha value is -2.93. The number of carbonyl (C=O) groups is 1. The zero-order chi connectivity index (χ0) is 18.8. The van der Waals surface area contributed by atoms with Crippen molar-refractivity contribution in [3.63, 3.8) is 0 Å². The van der Waals surface area contributed by atoms with Crippen molar-refractivity contribution < 1.29 is 18.6 Å². The molecule has 1 aliphatic heterocycles. The first-order valence-corrected chi connectivity index (χ1v) is 8.94. The summed E-state index contributed by atoms with van der Waals surface area (Å²) in [7, 11) is 0. The fraction of sp³-hybridized carbons (Fsp3) is 0.350. The Labute approximate surface area is 156 Å². The van der Waals surface area contributed by atoms with E-state index in [1.54, 1.807) is 6.92 Å². The maximum absolute atomic E-state index is 13.0. The van der Waals surface area contributed by atoms with Crippen molar-refractivity contribution >= 4 is 5.91 Å². The smallest absolute Gasteiger partial charge is 0.257 e. The molecule has 1 aliphatic rings. The summed E-state index contributed by atoms with van der Waals surface area (Å²) in [4.78, 5) is 13.0. The molecule has 0 bridgehead atoms. The molecule has 2 atom stereocenters. The minimum Gasteiger partial charge on any atom is -0.379 e. The average molecular weight is 367 g/mol. The molecule has 0 unspecified atom stereocenters. The summed E-state index contributed by atoms with van der Waals surface area (Å²) in [5.41, 5.74) is 2.70. The van der Waals surface area contributed by atoms with Gasteiger partial charge in [-0.25, -0.2) is 0 Å². The van der Waals surface area contributed by atoms with E-state index in [1.165, 1.54) is 0 Å². The number of nitrogens with one attached hydrogen (secondary N) is 1. The molecule has 1 aromatic carbocycles. The summed E-state index contributed by atoms with van der Waals surface area (Å²) < 4.78 is 16.2. The number of amides is 1. The van der Waals surface area contributed by atoms with Gasteiger partial charge >= 0.3 is 0 Å². The summed E-state index contributed by atoms with van der Waals surface area (Å²) in [5.74, 6) is 1.21. The Morgan fingerprint density at radius 1 is 1.15 bits per heavy atom. The summed E-state index contributed by atoms with van der Waals surface area (Å²) in [6, 6.07) is 11.3. The fourth-order valence-corrected chi connectivity index (χ4v) is 3.40. The van der Waals surface area contributed by atoms with E-state index in [9.17, 15) is 4.79 Å². The SMILES string of the molecule is Cc1cc(C[C@@H]2COC[C@@H]2NC(=O)c2c(-c3ccccc3)noc2C)on1. The van der Waals surface area contributed by atoms with Crippen molar-refractivity contribution in [1.82, 2.24) is 15.6 Å². The van der Waals surface area contributed by atoms with Crippen molar-refractivity contribution in [3.8, 4) is 11.3 Å². The number of aryl methyl sites for hydroxylation is 2. The maximum Gasteiger partial charge on any atom is 0.257 e. The van der Waals surface area contributed by atoms with E-state index in [0.29, 0.717) is 36.7 Å². The van der Waals surface area contributed by atoms with Crippen LogP contribution < -0.4 is 5.32 Å². The van der Waals surface area contributed by atoms with Crippen LogP contribution in [0, 0.1) is 19.8 Å². The summed E-state index contributed by atoms with van der Waals surface area (Å²) in [6.45, 7) is 4.67. The first kappa shape index (κ1) is 17.5. The van der Waals surface area contributed by atoms with Gasteiger partial charge < -0.3 is 19.1 Å². The predicted molar refractivity (Wildman–Crippen MR) is 97.2 cm³/mol. The molecule has 7 nitrogen and oxygen atoms in total. The monoisotopic (exact) mass is 367 g/mol. The molecule has 3 aromatic rings. The van der Waals surface area contributed by atoms with Crippen LogP contribution in [-0.4, -0.2) is 35.5 Å². The Morgan fingerprint density at radius 2 is 1.96 bits per heavy atom. The fourth-order valence-electron chi connectivity index (χ4n) is 3.40. The number of nitrogens with zero attached hydrogens (tertiary/aromatic N) is 2. The highest BCUT2D eigenvalue weighted by Gasteiger charge is 2.32. The number of benzene rings is 1. The standard InChI is InChI=1S/C20H21N3O4/c1-12-8-16(27-22-12)9-15-10-25-11-17(15)21-20(24)18-13(2)26-23-19(18)14-6-4-3-5-7-14/h3-8,15,17H,9-11H2,1-2H3,(H,21,24)/t15-,17+/m1/s1. The van der Waals surface area contributed by atoms with Gasteiger partial charge in [0.05, 0.1) is 24.9 Å². The van der Waals surface area contributed by atoms with E-state index in [4.69, 9.17) is 13.8 Å². The predicted octanol–water partition coefficient (Wildman–Crippen LogP) is 2.93. The Kier molecular flexibility index (Phi) is 4.77. The topological polar surface area (TPSA) is 90.4 Å². The number of carbonyl (C=O) groups excluding carboxylic acids is 1. The zero-order valence-corrected chi connectivity index (χ0v) is 15.3. The molecule has 140 valence electrons. The molecule has 0 spiro atoms. The van der Waals surface area contributed by atoms with E-state index in [0.717, 1.165) is 17.0 Å². The van der Waals surface area contributed by atoms with E-state index in [-0.39, 0.29) is 17.9 Å². The molecule has 1 saturated heterocycles. The lowest BCUT2D eigenvalue weighted by atomic mass is 9.97. The van der Waals surface area contributed by atoms with Gasteiger partial charge in [0.15, 0.2) is 0 Å². The van der Waals surface area contributed by atoms with Crippen LogP contribution in [0.1, 0.15) is 27.6 Å². The van der Waals surface area contributed by atoms with Crippen LogP contribution in [0.3, 0.4) is 0 Å². The molecule has 4 rings (SSSR count). The summed E-state index contributed by atoms with van der Waals surface area (Å²) in [5, 5.41) is 11.1. The molecule has 0 aliphatic carbocycles. The zero-order valence-electron chi connectivity index (χ0n) is 15.3. The molecule has 0 radical (unpaired) electrons. The van der Waals surface area contributed by atoms with Gasteiger partial charge in [-0.3, -0.25) is 4.79 Å². The number of hydrogen-bond acceptors (Lipinski definition) is 6. The number of aromatic nitrogens is 2. The molecule has 3 heterocycles. The van der Waals surface area contributed by atoms with Crippen LogP contribution in [0.2, 0.25) is 0 Å². The summed E-state index contributed by atoms with van der Waals surface area (Å²) in [6.07, 6.45) is 0.667. The van der Waals surface area contributed by atoms with E-state index < -0.39 is 0 Å². The molecule has 7 heteroatoms. The number of hydrogen-bond donors (Lipinski definition) is 1. The third-order valence-electron chi connectivity index (χ3n) is 4.79. The quantitative estimate of drug-likeness (QED) is 0.746. The van der Waals surface area contributed by atoms with E-state index in [2.05, 4.69) is 15.6 Å². The molecule has 0 saturated carbocycles. The Morgan fingerprint density at radius 3 is 2.70 bits per heavy atom. The maximum atomic E-state index is 13.0. The normalized spacial score (nSPS) is 19.3. The van der Waals surface area contributed by atoms with E-state index >= 15 is 0 Å². The second-order valence-electron chi connectivity index (χ2n) is 6.84. The number of ether oxygens (including phenoxy) is 1. The van der Waals surface area contributed by atoms with Gasteiger partial charge in [0.25, 0.3) is 5.91 Å². The van der Waals surface area contributed by atoms with Gasteiger partial charge in [0.2, 0.25) is 0 Å². The Bertz CT molecular complexity index is 932. The summed E-state index contributed by atoms with van der Waals surface area (Å²) >= 11 is 0. The van der Waals surface area contributed by atoms with Crippen LogP contribution in [0.15, 0.2) is 45.4 Å². The van der Waals surface area contributed by atoms with Crippen LogP contribution in [-0.2, 0) is 11.2 Å². The first-order valence-electron chi connectivity index (χ1n) is 8.94. The lowest BCUT2D eigenvalue weighted by molar-refractivity contribution is 0.0923. The third kappa shape index (κ3) is 3.64. The van der Waals surface area contributed by atoms with Crippen LogP contribution in [0.5, 0.6) is 0 Å². The lowest BCUT2D eigenvalue weighted by Gasteiger charge is -2.18. The Balaban J connectivity index is 1.51.